The summed E-state index contributed by atoms with van der Waals surface area (Å²) in [6, 6.07) is 25.3. The number of hydrogen-bond acceptors (Lipinski definition) is 8. The summed E-state index contributed by atoms with van der Waals surface area (Å²) in [7, 11) is -1.61. The lowest BCUT2D eigenvalue weighted by atomic mass is 10.0. The summed E-state index contributed by atoms with van der Waals surface area (Å²) in [5.74, 6) is -0.135. The molecule has 5 aromatic rings. The molecule has 0 saturated heterocycles. The van der Waals surface area contributed by atoms with Gasteiger partial charge in [0.1, 0.15) is 35.4 Å². The zero-order valence-electron chi connectivity index (χ0n) is 32.2. The van der Waals surface area contributed by atoms with E-state index in [0.717, 1.165) is 26.8 Å². The van der Waals surface area contributed by atoms with Gasteiger partial charge in [-0.25, -0.2) is 14.6 Å². The molecule has 0 aliphatic rings. The second-order valence-corrected chi connectivity index (χ2v) is 19.3. The number of rotatable bonds is 13. The van der Waals surface area contributed by atoms with Crippen LogP contribution in [0.2, 0.25) is 5.04 Å². The Morgan fingerprint density at radius 1 is 0.926 bits per heavy atom. The summed E-state index contributed by atoms with van der Waals surface area (Å²) < 4.78 is 23.3. The van der Waals surface area contributed by atoms with Gasteiger partial charge in [0, 0.05) is 29.6 Å². The highest BCUT2D eigenvalue weighted by Crippen LogP contribution is 2.38. The number of oxazole rings is 1. The van der Waals surface area contributed by atoms with Crippen LogP contribution in [0.15, 0.2) is 102 Å². The number of amides is 2. The van der Waals surface area contributed by atoms with Crippen molar-refractivity contribution in [1.82, 2.24) is 20.6 Å². The maximum atomic E-state index is 13.1. The van der Waals surface area contributed by atoms with Crippen LogP contribution in [0.3, 0.4) is 0 Å². The first-order valence-electron chi connectivity index (χ1n) is 18.0. The number of esters is 1. The zero-order valence-corrected chi connectivity index (χ0v) is 33.2. The van der Waals surface area contributed by atoms with E-state index in [1.807, 2.05) is 43.5 Å². The Hall–Kier alpha value is -5.62. The highest BCUT2D eigenvalue weighted by atomic mass is 28.4. The summed E-state index contributed by atoms with van der Waals surface area (Å²) in [5, 5.41) is 8.47. The van der Waals surface area contributed by atoms with Gasteiger partial charge >= 0.3 is 20.4 Å². The molecule has 0 aliphatic carbocycles. The van der Waals surface area contributed by atoms with Crippen LogP contribution in [0.4, 0.5) is 4.79 Å². The molecular formula is C42H50N4O7Si. The molecule has 2 amide bonds. The molecule has 0 aliphatic heterocycles. The number of aromatic amines is 1. The SMILES string of the molecule is CC[C@H](NC(=O)OC(C)(C)C)c1nc(/C=C/C(=O)N[C@@H](Cc2c[nH]c3ccc(O[Si](c4ccccc4)(c4ccccc4)C(C)(C)C)cc23)C(=O)OC)co1. The summed E-state index contributed by atoms with van der Waals surface area (Å²) in [6.45, 7) is 13.9. The Labute approximate surface area is 317 Å². The fraction of sp³-hybridized carbons (Fsp3) is 0.333. The number of carbonyl (C=O) groups is 3. The van der Waals surface area contributed by atoms with Crippen LogP contribution in [0, 0.1) is 0 Å². The van der Waals surface area contributed by atoms with Crippen LogP contribution < -0.4 is 25.4 Å². The average molecular weight is 751 g/mol. The van der Waals surface area contributed by atoms with Crippen LogP contribution in [0.25, 0.3) is 17.0 Å². The van der Waals surface area contributed by atoms with Crippen molar-refractivity contribution in [1.29, 1.82) is 0 Å². The molecule has 3 aromatic carbocycles. The van der Waals surface area contributed by atoms with Crippen LogP contribution >= 0.6 is 0 Å². The lowest BCUT2D eigenvalue weighted by molar-refractivity contribution is -0.144. The lowest BCUT2D eigenvalue weighted by Crippen LogP contribution is -2.68. The minimum absolute atomic E-state index is 0.164. The third-order valence-electron chi connectivity index (χ3n) is 9.00. The van der Waals surface area contributed by atoms with Gasteiger partial charge in [0.15, 0.2) is 0 Å². The van der Waals surface area contributed by atoms with E-state index in [4.69, 9.17) is 18.3 Å². The number of H-pyrrole nitrogens is 1. The minimum atomic E-state index is -2.90. The molecule has 0 radical (unpaired) electrons. The van der Waals surface area contributed by atoms with E-state index in [1.54, 1.807) is 20.8 Å². The predicted molar refractivity (Wildman–Crippen MR) is 212 cm³/mol. The normalized spacial score (nSPS) is 13.3. The first kappa shape index (κ1) is 39.6. The number of nitrogens with one attached hydrogen (secondary N) is 3. The Bertz CT molecular complexity index is 2040. The molecule has 11 nitrogen and oxygen atoms in total. The first-order chi connectivity index (χ1) is 25.6. The molecule has 0 spiro atoms. The van der Waals surface area contributed by atoms with Crippen molar-refractivity contribution in [2.24, 2.45) is 0 Å². The number of benzene rings is 3. The standard InChI is InChI=1S/C42H50N4O7Si/c1-9-34(46-40(49)52-41(2,3)4)38-44-29(27-51-38)20-23-37(47)45-36(39(48)50-8)24-28-26-43-35-22-21-30(25-33(28)35)53-54(42(5,6)7,31-16-12-10-13-17-31)32-18-14-11-15-19-32/h10-23,25-27,34,36,43H,9,24H2,1-8H3,(H,45,47)(H,46,49)/b23-20+/t34-,36-/m0/s1. The summed E-state index contributed by atoms with van der Waals surface area (Å²) in [6.07, 6.45) is 6.04. The van der Waals surface area contributed by atoms with E-state index < -0.39 is 44.0 Å². The first-order valence-corrected chi connectivity index (χ1v) is 20.0. The molecule has 0 saturated carbocycles. The quantitative estimate of drug-likeness (QED) is 0.0664. The van der Waals surface area contributed by atoms with E-state index in [2.05, 4.69) is 89.9 Å². The Morgan fingerprint density at radius 2 is 1.57 bits per heavy atom. The number of ether oxygens (including phenoxy) is 2. The molecule has 2 heterocycles. The molecule has 0 bridgehead atoms. The summed E-state index contributed by atoms with van der Waals surface area (Å²) in [4.78, 5) is 46.1. The molecule has 54 heavy (non-hydrogen) atoms. The maximum Gasteiger partial charge on any atom is 0.408 e. The maximum absolute atomic E-state index is 13.1. The van der Waals surface area contributed by atoms with E-state index in [1.165, 1.54) is 25.5 Å². The topological polar surface area (TPSA) is 145 Å². The monoisotopic (exact) mass is 750 g/mol. The molecule has 2 atom stereocenters. The summed E-state index contributed by atoms with van der Waals surface area (Å²) in [5.41, 5.74) is 1.38. The highest BCUT2D eigenvalue weighted by molar-refractivity contribution is 7.00. The van der Waals surface area contributed by atoms with Gasteiger partial charge in [-0.05, 0) is 72.4 Å². The van der Waals surface area contributed by atoms with Gasteiger partial charge in [0.05, 0.1) is 7.11 Å². The van der Waals surface area contributed by atoms with E-state index in [-0.39, 0.29) is 17.3 Å². The van der Waals surface area contributed by atoms with Crippen LogP contribution in [0.5, 0.6) is 5.75 Å². The molecule has 2 aromatic heterocycles. The van der Waals surface area contributed by atoms with Gasteiger partial charge in [0.2, 0.25) is 11.8 Å². The number of methoxy groups -OCH3 is 1. The van der Waals surface area contributed by atoms with Crippen molar-refractivity contribution in [3.8, 4) is 5.75 Å². The fourth-order valence-electron chi connectivity index (χ4n) is 6.48. The van der Waals surface area contributed by atoms with Crippen molar-refractivity contribution in [2.75, 3.05) is 7.11 Å². The Kier molecular flexibility index (Phi) is 12.2. The zero-order chi connectivity index (χ0) is 39.1. The molecule has 3 N–H and O–H groups in total. The fourth-order valence-corrected chi connectivity index (χ4v) is 10.9. The van der Waals surface area contributed by atoms with Crippen LogP contribution in [0.1, 0.15) is 78.1 Å². The van der Waals surface area contributed by atoms with Crippen molar-refractivity contribution >= 4 is 53.6 Å². The summed E-state index contributed by atoms with van der Waals surface area (Å²) >= 11 is 0. The molecule has 0 fully saturated rings. The molecule has 0 unspecified atom stereocenters. The Morgan fingerprint density at radius 3 is 2.15 bits per heavy atom. The third kappa shape index (κ3) is 9.29. The Balaban J connectivity index is 1.35. The second-order valence-electron chi connectivity index (χ2n) is 15.1. The van der Waals surface area contributed by atoms with Gasteiger partial charge in [-0.3, -0.25) is 4.79 Å². The van der Waals surface area contributed by atoms with Gasteiger partial charge in [0.25, 0.3) is 0 Å². The van der Waals surface area contributed by atoms with Crippen LogP contribution in [-0.2, 0) is 25.5 Å². The lowest BCUT2D eigenvalue weighted by Gasteiger charge is -2.43. The van der Waals surface area contributed by atoms with E-state index in [9.17, 15) is 14.4 Å². The number of hydrogen-bond donors (Lipinski definition) is 3. The number of nitrogens with zero attached hydrogens (tertiary/aromatic N) is 1. The number of aromatic nitrogens is 2. The van der Waals surface area contributed by atoms with Gasteiger partial charge < -0.3 is 33.9 Å². The predicted octanol–water partition coefficient (Wildman–Crippen LogP) is 6.98. The van der Waals surface area contributed by atoms with Crippen molar-refractivity contribution in [2.45, 2.75) is 84.0 Å². The highest BCUT2D eigenvalue weighted by Gasteiger charge is 2.52. The van der Waals surface area contributed by atoms with Gasteiger partial charge in [-0.1, -0.05) is 88.4 Å². The average Bonchev–Trinajstić information content (AvgIpc) is 3.78. The number of fused-ring (bicyclic) bond motifs is 1. The molecule has 12 heteroatoms. The van der Waals surface area contributed by atoms with Crippen molar-refractivity contribution < 1.29 is 32.7 Å². The smallest absolute Gasteiger partial charge is 0.408 e. The van der Waals surface area contributed by atoms with Gasteiger partial charge in [-0.15, -0.1) is 0 Å². The van der Waals surface area contributed by atoms with E-state index in [0.29, 0.717) is 17.9 Å². The largest absolute Gasteiger partial charge is 0.534 e. The second kappa shape index (κ2) is 16.6. The third-order valence-corrected chi connectivity index (χ3v) is 13.9. The van der Waals surface area contributed by atoms with Crippen molar-refractivity contribution in [3.05, 3.63) is 115 Å². The molecule has 284 valence electrons. The van der Waals surface area contributed by atoms with Crippen molar-refractivity contribution in [3.63, 3.8) is 0 Å². The number of alkyl carbamates (subject to hydrolysis) is 1. The van der Waals surface area contributed by atoms with E-state index >= 15 is 0 Å². The minimum Gasteiger partial charge on any atom is -0.534 e. The van der Waals surface area contributed by atoms with Gasteiger partial charge in [-0.2, -0.15) is 0 Å². The molecule has 5 rings (SSSR count). The number of carbonyl (C=O) groups excluding carboxylic acids is 3. The van der Waals surface area contributed by atoms with Crippen LogP contribution in [-0.4, -0.2) is 55.0 Å². The molecular weight excluding hydrogens is 701 g/mol.